The summed E-state index contributed by atoms with van der Waals surface area (Å²) in [5.74, 6) is 1.26. The van der Waals surface area contributed by atoms with Gasteiger partial charge in [-0.3, -0.25) is 9.62 Å². The van der Waals surface area contributed by atoms with Gasteiger partial charge in [0.25, 0.3) is 0 Å². The van der Waals surface area contributed by atoms with Crippen molar-refractivity contribution in [3.63, 3.8) is 0 Å². The average Bonchev–Trinajstić information content (AvgIpc) is 2.80. The van der Waals surface area contributed by atoms with Crippen molar-refractivity contribution < 1.29 is 5.11 Å². The van der Waals surface area contributed by atoms with Gasteiger partial charge in [0.05, 0.1) is 5.60 Å². The molecule has 1 aliphatic rings. The molecule has 0 amide bonds. The first kappa shape index (κ1) is 29.1. The number of aromatic nitrogens is 2. The summed E-state index contributed by atoms with van der Waals surface area (Å²) in [4.78, 5) is 12.4. The number of allylic oxidation sites excluding steroid dienone is 1. The molecule has 2 heterocycles. The standard InChI is InChI=1S/C25H38N6OS.C2H6/c1-6-7-21-16-20(13-15-31(21)17-25(4,5)32)30-33-22-10-8-19(9-11-22)28-24-26-14-12-23(29-24)27-18(2)3;1-2/h8-12,14,20-21,30,32H,2,6-7,13,15-17H2,1,3-5H3,(H2,26,27,28,29);1-2H3. The lowest BCUT2D eigenvalue weighted by Crippen LogP contribution is -2.51. The molecule has 0 spiro atoms. The summed E-state index contributed by atoms with van der Waals surface area (Å²) in [6.45, 7) is 17.5. The van der Waals surface area contributed by atoms with Crippen LogP contribution in [0, 0.1) is 0 Å². The van der Waals surface area contributed by atoms with Crippen LogP contribution in [0.25, 0.3) is 0 Å². The molecule has 3 rings (SSSR count). The Balaban J connectivity index is 0.00000210. The summed E-state index contributed by atoms with van der Waals surface area (Å²) in [6, 6.07) is 11.1. The molecule has 8 heteroatoms. The third kappa shape index (κ3) is 10.6. The predicted octanol–water partition coefficient (Wildman–Crippen LogP) is 6.19. The summed E-state index contributed by atoms with van der Waals surface area (Å²) >= 11 is 1.69. The number of rotatable bonds is 11. The summed E-state index contributed by atoms with van der Waals surface area (Å²) in [5.41, 5.74) is 1.12. The van der Waals surface area contributed by atoms with Crippen LogP contribution in [0.5, 0.6) is 0 Å². The van der Waals surface area contributed by atoms with E-state index in [4.69, 9.17) is 0 Å². The van der Waals surface area contributed by atoms with E-state index in [1.54, 1.807) is 18.1 Å². The van der Waals surface area contributed by atoms with E-state index in [2.05, 4.69) is 55.9 Å². The Morgan fingerprint density at radius 1 is 1.23 bits per heavy atom. The Bertz CT molecular complexity index is 899. The Morgan fingerprint density at radius 2 is 1.94 bits per heavy atom. The van der Waals surface area contributed by atoms with Gasteiger partial charge in [0, 0.05) is 47.6 Å². The number of nitrogens with one attached hydrogen (secondary N) is 3. The fraction of sp³-hybridized carbons (Fsp3) is 0.556. The van der Waals surface area contributed by atoms with E-state index in [9.17, 15) is 5.11 Å². The largest absolute Gasteiger partial charge is 0.389 e. The molecule has 1 aliphatic heterocycles. The Hall–Kier alpha value is -2.13. The minimum Gasteiger partial charge on any atom is -0.389 e. The minimum atomic E-state index is -0.649. The lowest BCUT2D eigenvalue weighted by molar-refractivity contribution is 0.00452. The molecule has 1 saturated heterocycles. The van der Waals surface area contributed by atoms with Crippen molar-refractivity contribution in [2.45, 2.75) is 89.8 Å². The highest BCUT2D eigenvalue weighted by atomic mass is 32.2. The molecular weight excluding hydrogens is 456 g/mol. The lowest BCUT2D eigenvalue weighted by Gasteiger charge is -2.42. The van der Waals surface area contributed by atoms with Crippen LogP contribution in [0.3, 0.4) is 0 Å². The van der Waals surface area contributed by atoms with Crippen LogP contribution in [0.1, 0.15) is 67.2 Å². The molecule has 0 radical (unpaired) electrons. The molecule has 2 unspecified atom stereocenters. The predicted molar refractivity (Wildman–Crippen MR) is 150 cm³/mol. The molecule has 194 valence electrons. The van der Waals surface area contributed by atoms with Crippen molar-refractivity contribution in [2.75, 3.05) is 23.7 Å². The second-order valence-electron chi connectivity index (χ2n) is 9.49. The topological polar surface area (TPSA) is 85.3 Å². The van der Waals surface area contributed by atoms with Crippen molar-refractivity contribution in [1.29, 1.82) is 0 Å². The summed E-state index contributed by atoms with van der Waals surface area (Å²) < 4.78 is 3.67. The number of piperidine rings is 1. The zero-order valence-corrected chi connectivity index (χ0v) is 23.1. The third-order valence-electron chi connectivity index (χ3n) is 5.50. The van der Waals surface area contributed by atoms with Gasteiger partial charge in [0.15, 0.2) is 0 Å². The molecule has 0 saturated carbocycles. The molecule has 2 aromatic rings. The number of hydrogen-bond donors (Lipinski definition) is 4. The molecule has 4 N–H and O–H groups in total. The molecular formula is C27H44N6OS. The maximum Gasteiger partial charge on any atom is 0.229 e. The highest BCUT2D eigenvalue weighted by molar-refractivity contribution is 7.97. The third-order valence-corrected chi connectivity index (χ3v) is 6.46. The number of aliphatic hydroxyl groups is 1. The van der Waals surface area contributed by atoms with E-state index in [1.807, 2.05) is 52.8 Å². The first-order valence-corrected chi connectivity index (χ1v) is 13.5. The highest BCUT2D eigenvalue weighted by Gasteiger charge is 2.30. The van der Waals surface area contributed by atoms with Crippen LogP contribution in [0.15, 0.2) is 53.7 Å². The van der Waals surface area contributed by atoms with Crippen LogP contribution >= 0.6 is 11.9 Å². The van der Waals surface area contributed by atoms with Gasteiger partial charge in [0.1, 0.15) is 5.82 Å². The van der Waals surface area contributed by atoms with E-state index >= 15 is 0 Å². The molecule has 0 bridgehead atoms. The molecule has 0 aliphatic carbocycles. The van der Waals surface area contributed by atoms with Crippen LogP contribution in [0.4, 0.5) is 17.5 Å². The zero-order valence-electron chi connectivity index (χ0n) is 22.3. The number of nitrogens with zero attached hydrogens (tertiary/aromatic N) is 3. The molecule has 35 heavy (non-hydrogen) atoms. The molecule has 7 nitrogen and oxygen atoms in total. The van der Waals surface area contributed by atoms with Gasteiger partial charge in [-0.1, -0.05) is 33.8 Å². The van der Waals surface area contributed by atoms with Gasteiger partial charge in [0.2, 0.25) is 5.95 Å². The highest BCUT2D eigenvalue weighted by Crippen LogP contribution is 2.27. The van der Waals surface area contributed by atoms with Gasteiger partial charge in [-0.25, -0.2) is 4.98 Å². The Kier molecular flexibility index (Phi) is 12.0. The van der Waals surface area contributed by atoms with Gasteiger partial charge < -0.3 is 15.7 Å². The number of benzene rings is 1. The molecule has 2 atom stereocenters. The molecule has 1 fully saturated rings. The van der Waals surface area contributed by atoms with Crippen LogP contribution in [-0.2, 0) is 0 Å². The smallest absolute Gasteiger partial charge is 0.229 e. The summed E-state index contributed by atoms with van der Waals surface area (Å²) in [5, 5.41) is 16.6. The SMILES string of the molecule is C=C(C)Nc1ccnc(Nc2ccc(SNC3CCN(CC(C)(C)O)C(CCC)C3)cc2)n1.CC. The van der Waals surface area contributed by atoms with E-state index in [1.165, 1.54) is 11.3 Å². The van der Waals surface area contributed by atoms with Crippen molar-refractivity contribution in [3.8, 4) is 0 Å². The fourth-order valence-corrected chi connectivity index (χ4v) is 4.93. The maximum absolute atomic E-state index is 10.3. The van der Waals surface area contributed by atoms with Crippen LogP contribution in [0.2, 0.25) is 0 Å². The van der Waals surface area contributed by atoms with Gasteiger partial charge in [-0.15, -0.1) is 0 Å². The second-order valence-corrected chi connectivity index (χ2v) is 10.4. The summed E-state index contributed by atoms with van der Waals surface area (Å²) in [7, 11) is 0. The van der Waals surface area contributed by atoms with E-state index in [-0.39, 0.29) is 0 Å². The van der Waals surface area contributed by atoms with E-state index in [0.29, 0.717) is 23.8 Å². The van der Waals surface area contributed by atoms with Crippen LogP contribution in [-0.4, -0.2) is 50.7 Å². The summed E-state index contributed by atoms with van der Waals surface area (Å²) in [6.07, 6.45) is 6.26. The van der Waals surface area contributed by atoms with Crippen molar-refractivity contribution in [1.82, 2.24) is 19.6 Å². The van der Waals surface area contributed by atoms with Crippen molar-refractivity contribution in [2.24, 2.45) is 0 Å². The van der Waals surface area contributed by atoms with Crippen molar-refractivity contribution >= 4 is 29.4 Å². The average molecular weight is 501 g/mol. The monoisotopic (exact) mass is 500 g/mol. The van der Waals surface area contributed by atoms with Gasteiger partial charge in [-0.05, 0) is 82.3 Å². The first-order valence-electron chi connectivity index (χ1n) is 12.7. The number of hydrogen-bond acceptors (Lipinski definition) is 8. The quantitative estimate of drug-likeness (QED) is 0.272. The number of likely N-dealkylation sites (tertiary alicyclic amines) is 1. The first-order chi connectivity index (χ1) is 16.7. The van der Waals surface area contributed by atoms with E-state index in [0.717, 1.165) is 43.7 Å². The molecule has 1 aromatic carbocycles. The van der Waals surface area contributed by atoms with E-state index < -0.39 is 5.60 Å². The Morgan fingerprint density at radius 3 is 2.57 bits per heavy atom. The fourth-order valence-electron chi connectivity index (χ4n) is 4.14. The number of β-amino-alcohol motifs (C(OH)–C–C–N with tert-alkyl or cyclic N) is 1. The second kappa shape index (κ2) is 14.4. The lowest BCUT2D eigenvalue weighted by atomic mass is 9.93. The zero-order chi connectivity index (χ0) is 25.8. The number of anilines is 3. The maximum atomic E-state index is 10.3. The van der Waals surface area contributed by atoms with Gasteiger partial charge in [-0.2, -0.15) is 4.98 Å². The normalized spacial score (nSPS) is 18.4. The molecule has 1 aromatic heterocycles. The van der Waals surface area contributed by atoms with Gasteiger partial charge >= 0.3 is 0 Å². The van der Waals surface area contributed by atoms with Crippen LogP contribution < -0.4 is 15.4 Å². The Labute approximate surface area is 216 Å². The minimum absolute atomic E-state index is 0.472. The van der Waals surface area contributed by atoms with Crippen molar-refractivity contribution in [3.05, 3.63) is 48.8 Å².